The molecule has 0 N–H and O–H groups in total. The predicted molar refractivity (Wildman–Crippen MR) is 66.6 cm³/mol. The number of aromatic nitrogens is 2. The quantitative estimate of drug-likeness (QED) is 0.810. The Balaban J connectivity index is 2.26. The fourth-order valence-corrected chi connectivity index (χ4v) is 3.59. The molecule has 0 fully saturated rings. The van der Waals surface area contributed by atoms with Gasteiger partial charge in [-0.3, -0.25) is 14.2 Å². The highest BCUT2D eigenvalue weighted by atomic mass is 32.1. The number of rotatable bonds is 2. The van der Waals surface area contributed by atoms with Crippen LogP contribution in [0, 0.1) is 0 Å². The molecule has 4 nitrogen and oxygen atoms in total. The molecule has 0 unspecified atom stereocenters. The zero-order valence-corrected chi connectivity index (χ0v) is 10.3. The van der Waals surface area contributed by atoms with Crippen molar-refractivity contribution in [3.05, 3.63) is 27.1 Å². The van der Waals surface area contributed by atoms with Crippen LogP contribution < -0.4 is 5.56 Å². The van der Waals surface area contributed by atoms with Crippen LogP contribution >= 0.6 is 11.3 Å². The van der Waals surface area contributed by atoms with Gasteiger partial charge in [-0.05, 0) is 31.7 Å². The predicted octanol–water partition coefficient (Wildman–Crippen LogP) is 1.54. The molecule has 0 amide bonds. The molecule has 88 valence electrons. The average molecular weight is 248 g/mol. The molecule has 5 heteroatoms. The number of nitrogens with zero attached hydrogens (tertiary/aromatic N) is 2. The molecular formula is C12H12N2O2S. The van der Waals surface area contributed by atoms with Crippen LogP contribution in [0.3, 0.4) is 0 Å². The van der Waals surface area contributed by atoms with Crippen molar-refractivity contribution in [2.24, 2.45) is 0 Å². The number of fused-ring (bicyclic) bond motifs is 3. The van der Waals surface area contributed by atoms with Gasteiger partial charge in [0.2, 0.25) is 0 Å². The number of hydrogen-bond acceptors (Lipinski definition) is 4. The summed E-state index contributed by atoms with van der Waals surface area (Å²) in [5.41, 5.74) is 1.10. The maximum atomic E-state index is 12.3. The zero-order valence-electron chi connectivity index (χ0n) is 9.52. The Morgan fingerprint density at radius 3 is 3.12 bits per heavy atom. The molecule has 0 spiro atoms. The number of hydrogen-bond donors (Lipinski definition) is 0. The normalized spacial score (nSPS) is 14.2. The summed E-state index contributed by atoms with van der Waals surface area (Å²) in [5, 5.41) is 0.742. The summed E-state index contributed by atoms with van der Waals surface area (Å²) in [7, 11) is 0. The maximum Gasteiger partial charge on any atom is 0.262 e. The summed E-state index contributed by atoms with van der Waals surface area (Å²) < 4.78 is 1.41. The minimum Gasteiger partial charge on any atom is -0.298 e. The van der Waals surface area contributed by atoms with E-state index in [0.29, 0.717) is 0 Å². The van der Waals surface area contributed by atoms with Gasteiger partial charge >= 0.3 is 0 Å². The van der Waals surface area contributed by atoms with Crippen molar-refractivity contribution in [1.29, 1.82) is 0 Å². The van der Waals surface area contributed by atoms with Crippen molar-refractivity contribution >= 4 is 27.3 Å². The first-order chi connectivity index (χ1) is 8.16. The van der Waals surface area contributed by atoms with Crippen molar-refractivity contribution in [2.75, 3.05) is 0 Å². The van der Waals surface area contributed by atoms with Crippen LogP contribution in [-0.2, 0) is 24.2 Å². The summed E-state index contributed by atoms with van der Waals surface area (Å²) in [6, 6.07) is 0. The van der Waals surface area contributed by atoms with Gasteiger partial charge in [0.05, 0.1) is 18.3 Å². The molecule has 0 bridgehead atoms. The van der Waals surface area contributed by atoms with E-state index < -0.39 is 0 Å². The van der Waals surface area contributed by atoms with Crippen LogP contribution in [0.2, 0.25) is 0 Å². The lowest BCUT2D eigenvalue weighted by molar-refractivity contribution is -0.117. The molecule has 1 aliphatic rings. The summed E-state index contributed by atoms with van der Waals surface area (Å²) >= 11 is 1.62. The van der Waals surface area contributed by atoms with Gasteiger partial charge in [0, 0.05) is 4.88 Å². The van der Waals surface area contributed by atoms with Crippen molar-refractivity contribution in [2.45, 2.75) is 32.7 Å². The van der Waals surface area contributed by atoms with Gasteiger partial charge in [0.15, 0.2) is 0 Å². The van der Waals surface area contributed by atoms with E-state index in [2.05, 4.69) is 4.98 Å². The van der Waals surface area contributed by atoms with E-state index in [1.165, 1.54) is 28.3 Å². The van der Waals surface area contributed by atoms with Crippen LogP contribution in [0.5, 0.6) is 0 Å². The first-order valence-electron chi connectivity index (χ1n) is 5.66. The van der Waals surface area contributed by atoms with Crippen molar-refractivity contribution < 1.29 is 4.79 Å². The highest BCUT2D eigenvalue weighted by Gasteiger charge is 2.21. The Morgan fingerprint density at radius 2 is 2.35 bits per heavy atom. The topological polar surface area (TPSA) is 52.0 Å². The summed E-state index contributed by atoms with van der Waals surface area (Å²) in [6.07, 6.45) is 4.63. The summed E-state index contributed by atoms with van der Waals surface area (Å²) in [5.74, 6) is -0.0277. The number of thiophene rings is 1. The molecule has 17 heavy (non-hydrogen) atoms. The van der Waals surface area contributed by atoms with Crippen LogP contribution in [0.15, 0.2) is 11.1 Å². The van der Waals surface area contributed by atoms with E-state index in [-0.39, 0.29) is 17.9 Å². The van der Waals surface area contributed by atoms with E-state index in [1.54, 1.807) is 11.3 Å². The molecule has 2 aromatic heterocycles. The third-order valence-corrected chi connectivity index (χ3v) is 4.28. The minimum absolute atomic E-state index is 0.0277. The van der Waals surface area contributed by atoms with Crippen molar-refractivity contribution in [1.82, 2.24) is 9.55 Å². The minimum atomic E-state index is -0.0652. The lowest BCUT2D eigenvalue weighted by Gasteiger charge is -2.02. The first kappa shape index (κ1) is 10.7. The Morgan fingerprint density at radius 1 is 1.53 bits per heavy atom. The van der Waals surface area contributed by atoms with Gasteiger partial charge in [0.25, 0.3) is 5.56 Å². The molecule has 0 saturated heterocycles. The highest BCUT2D eigenvalue weighted by Crippen LogP contribution is 2.34. The zero-order chi connectivity index (χ0) is 12.0. The molecule has 0 aliphatic heterocycles. The lowest BCUT2D eigenvalue weighted by Crippen LogP contribution is -2.23. The van der Waals surface area contributed by atoms with Gasteiger partial charge in [0.1, 0.15) is 10.6 Å². The van der Waals surface area contributed by atoms with Crippen LogP contribution in [0.4, 0.5) is 0 Å². The van der Waals surface area contributed by atoms with E-state index in [4.69, 9.17) is 0 Å². The SMILES string of the molecule is CC(=O)Cn1cnc2sc3c(c2c1=O)CCC3. The molecule has 3 rings (SSSR count). The van der Waals surface area contributed by atoms with Gasteiger partial charge in [-0.2, -0.15) is 0 Å². The fourth-order valence-electron chi connectivity index (χ4n) is 2.37. The van der Waals surface area contributed by atoms with E-state index in [1.807, 2.05) is 0 Å². The number of carbonyl (C=O) groups is 1. The molecular weight excluding hydrogens is 236 g/mol. The molecule has 0 radical (unpaired) electrons. The smallest absolute Gasteiger partial charge is 0.262 e. The van der Waals surface area contributed by atoms with Gasteiger partial charge in [-0.1, -0.05) is 0 Å². The molecule has 0 saturated carbocycles. The van der Waals surface area contributed by atoms with Gasteiger partial charge in [-0.25, -0.2) is 4.98 Å². The number of ketones is 1. The molecule has 0 atom stereocenters. The number of aryl methyl sites for hydroxylation is 2. The standard InChI is InChI=1S/C12H12N2O2S/c1-7(15)5-14-6-13-11-10(12(14)16)8-3-2-4-9(8)17-11/h6H,2-5H2,1H3. The average Bonchev–Trinajstić information content (AvgIpc) is 2.80. The Kier molecular flexibility index (Phi) is 2.36. The first-order valence-corrected chi connectivity index (χ1v) is 6.47. The Bertz CT molecular complexity index is 669. The molecule has 1 aliphatic carbocycles. The molecule has 2 aromatic rings. The number of Topliss-reactive ketones (excluding diaryl/α,β-unsaturated/α-hetero) is 1. The fraction of sp³-hybridized carbons (Fsp3) is 0.417. The number of carbonyl (C=O) groups excluding carboxylic acids is 1. The molecule has 0 aromatic carbocycles. The third-order valence-electron chi connectivity index (χ3n) is 3.08. The van der Waals surface area contributed by atoms with E-state index in [9.17, 15) is 9.59 Å². The van der Waals surface area contributed by atoms with Crippen molar-refractivity contribution in [3.63, 3.8) is 0 Å². The van der Waals surface area contributed by atoms with E-state index >= 15 is 0 Å². The highest BCUT2D eigenvalue weighted by molar-refractivity contribution is 7.18. The van der Waals surface area contributed by atoms with Crippen LogP contribution in [0.25, 0.3) is 10.2 Å². The van der Waals surface area contributed by atoms with E-state index in [0.717, 1.165) is 29.5 Å². The van der Waals surface area contributed by atoms with Crippen molar-refractivity contribution in [3.8, 4) is 0 Å². The second-order valence-corrected chi connectivity index (χ2v) is 5.50. The second kappa shape index (κ2) is 3.77. The van der Waals surface area contributed by atoms with Gasteiger partial charge < -0.3 is 0 Å². The third kappa shape index (κ3) is 1.61. The lowest BCUT2D eigenvalue weighted by atomic mass is 10.2. The maximum absolute atomic E-state index is 12.3. The monoisotopic (exact) mass is 248 g/mol. The summed E-state index contributed by atoms with van der Waals surface area (Å²) in [6.45, 7) is 1.60. The Hall–Kier alpha value is -1.49. The molecule has 2 heterocycles. The van der Waals surface area contributed by atoms with Gasteiger partial charge in [-0.15, -0.1) is 11.3 Å². The van der Waals surface area contributed by atoms with Crippen LogP contribution in [0.1, 0.15) is 23.8 Å². The largest absolute Gasteiger partial charge is 0.298 e. The summed E-state index contributed by atoms with van der Waals surface area (Å²) in [4.78, 5) is 29.8. The second-order valence-electron chi connectivity index (χ2n) is 4.42. The Labute approximate surface area is 102 Å². The van der Waals surface area contributed by atoms with Crippen LogP contribution in [-0.4, -0.2) is 15.3 Å².